The van der Waals surface area contributed by atoms with Crippen molar-refractivity contribution < 1.29 is 19.1 Å². The van der Waals surface area contributed by atoms with Crippen LogP contribution in [0, 0.1) is 13.8 Å². The van der Waals surface area contributed by atoms with Crippen LogP contribution in [0.5, 0.6) is 0 Å². The van der Waals surface area contributed by atoms with E-state index in [2.05, 4.69) is 91.8 Å². The van der Waals surface area contributed by atoms with E-state index in [4.69, 9.17) is 9.47 Å². The van der Waals surface area contributed by atoms with Crippen LogP contribution >= 0.6 is 0 Å². The fourth-order valence-corrected chi connectivity index (χ4v) is 5.23. The van der Waals surface area contributed by atoms with E-state index in [1.165, 1.54) is 11.1 Å². The number of ether oxygens (including phenoxy) is 2. The Morgan fingerprint density at radius 2 is 0.925 bits per heavy atom. The van der Waals surface area contributed by atoms with E-state index in [0.717, 1.165) is 43.4 Å². The third-order valence-corrected chi connectivity index (χ3v) is 7.80. The molecule has 210 valence electrons. The molecule has 0 unspecified atom stereocenters. The van der Waals surface area contributed by atoms with Gasteiger partial charge in [-0.25, -0.2) is 9.59 Å². The van der Waals surface area contributed by atoms with Crippen molar-refractivity contribution in [3.05, 3.63) is 81.9 Å². The van der Waals surface area contributed by atoms with Gasteiger partial charge >= 0.3 is 11.9 Å². The molecule has 0 aliphatic carbocycles. The van der Waals surface area contributed by atoms with Crippen LogP contribution in [0.4, 0.5) is 0 Å². The molecular weight excluding hydrogens is 496 g/mol. The highest BCUT2D eigenvalue weighted by atomic mass is 16.5. The molecule has 4 aromatic rings. The van der Waals surface area contributed by atoms with Crippen molar-refractivity contribution in [1.29, 1.82) is 0 Å². The summed E-state index contributed by atoms with van der Waals surface area (Å²) < 4.78 is 10.9. The summed E-state index contributed by atoms with van der Waals surface area (Å²) in [5, 5.41) is 6.13. The fraction of sp³-hybridized carbons (Fsp3) is 0.389. The highest BCUT2D eigenvalue weighted by Gasteiger charge is 2.23. The van der Waals surface area contributed by atoms with E-state index in [9.17, 15) is 9.59 Å². The molecule has 0 N–H and O–H groups in total. The predicted molar refractivity (Wildman–Crippen MR) is 167 cm³/mol. The second-order valence-electron chi connectivity index (χ2n) is 12.7. The average Bonchev–Trinajstić information content (AvgIpc) is 2.86. The molecule has 0 aromatic heterocycles. The maximum Gasteiger partial charge on any atom is 0.339 e. The van der Waals surface area contributed by atoms with Gasteiger partial charge in [-0.1, -0.05) is 77.9 Å². The Hall–Kier alpha value is -3.66. The van der Waals surface area contributed by atoms with Crippen LogP contribution < -0.4 is 0 Å². The molecule has 4 bridgehead atoms. The summed E-state index contributed by atoms with van der Waals surface area (Å²) >= 11 is 0. The summed E-state index contributed by atoms with van der Waals surface area (Å²) in [5.74, 6) is -1.06. The van der Waals surface area contributed by atoms with Gasteiger partial charge in [0.05, 0.1) is 24.3 Å². The Morgan fingerprint density at radius 3 is 1.23 bits per heavy atom. The van der Waals surface area contributed by atoms with Gasteiger partial charge in [-0.2, -0.15) is 0 Å². The number of rotatable bonds is 4. The predicted octanol–water partition coefficient (Wildman–Crippen LogP) is 9.27. The van der Waals surface area contributed by atoms with Crippen molar-refractivity contribution in [3.8, 4) is 0 Å². The van der Waals surface area contributed by atoms with Gasteiger partial charge in [-0.3, -0.25) is 0 Å². The van der Waals surface area contributed by atoms with Gasteiger partial charge in [0.15, 0.2) is 0 Å². The van der Waals surface area contributed by atoms with Gasteiger partial charge < -0.3 is 9.47 Å². The number of hydrogen-bond donors (Lipinski definition) is 0. The smallest absolute Gasteiger partial charge is 0.339 e. The Labute approximate surface area is 238 Å². The van der Waals surface area contributed by atoms with Crippen LogP contribution in [0.3, 0.4) is 0 Å². The lowest BCUT2D eigenvalue weighted by Gasteiger charge is -2.22. The molecule has 40 heavy (non-hydrogen) atoms. The van der Waals surface area contributed by atoms with Crippen LogP contribution in [0.25, 0.3) is 32.3 Å². The highest BCUT2D eigenvalue weighted by molar-refractivity contribution is 6.16. The quantitative estimate of drug-likeness (QED) is 0.243. The van der Waals surface area contributed by atoms with Crippen molar-refractivity contribution in [2.24, 2.45) is 0 Å². The number of carbonyl (C=O) groups excluding carboxylic acids is 2. The lowest BCUT2D eigenvalue weighted by atomic mass is 9.82. The molecule has 4 nitrogen and oxygen atoms in total. The fourth-order valence-electron chi connectivity index (χ4n) is 5.23. The third kappa shape index (κ3) is 5.50. The van der Waals surface area contributed by atoms with E-state index in [1.807, 2.05) is 12.1 Å². The average molecular weight is 539 g/mol. The Kier molecular flexibility index (Phi) is 7.86. The normalized spacial score (nSPS) is 12.2. The topological polar surface area (TPSA) is 52.6 Å². The SMILES string of the molecule is CCOC(=O)c1cc2c3cc(C(C)(C)C)cc(ccc4cc(C(C)(C)C)cc(c4C)c2cc1C(=O)OCC)c3C. The molecule has 0 fully saturated rings. The molecule has 0 aliphatic rings. The number of benzene rings is 3. The summed E-state index contributed by atoms with van der Waals surface area (Å²) in [6.45, 7) is 21.4. The zero-order chi connectivity index (χ0) is 29.6. The summed E-state index contributed by atoms with van der Waals surface area (Å²) in [6, 6.07) is 17.1. The maximum atomic E-state index is 13.3. The first-order valence-electron chi connectivity index (χ1n) is 14.2. The first-order chi connectivity index (χ1) is 18.7. The van der Waals surface area contributed by atoms with Crippen molar-refractivity contribution in [3.63, 3.8) is 0 Å². The Bertz CT molecular complexity index is 1550. The Morgan fingerprint density at radius 1 is 0.575 bits per heavy atom. The molecule has 0 radical (unpaired) electrons. The number of hydrogen-bond acceptors (Lipinski definition) is 4. The Balaban J connectivity index is 2.40. The van der Waals surface area contributed by atoms with Gasteiger partial charge in [-0.05, 0) is 105 Å². The van der Waals surface area contributed by atoms with Crippen LogP contribution in [0.2, 0.25) is 0 Å². The van der Waals surface area contributed by atoms with Crippen molar-refractivity contribution in [2.75, 3.05) is 13.2 Å². The molecule has 4 rings (SSSR count). The molecular formula is C36H42O4. The van der Waals surface area contributed by atoms with Crippen molar-refractivity contribution in [2.45, 2.75) is 80.1 Å². The largest absolute Gasteiger partial charge is 0.462 e. The van der Waals surface area contributed by atoms with Gasteiger partial charge in [0.25, 0.3) is 0 Å². The molecule has 0 saturated heterocycles. The van der Waals surface area contributed by atoms with E-state index in [-0.39, 0.29) is 35.2 Å². The minimum absolute atomic E-state index is 0.0895. The lowest BCUT2D eigenvalue weighted by Crippen LogP contribution is -2.14. The number of fused-ring (bicyclic) bond motifs is 7. The molecule has 0 spiro atoms. The molecule has 0 heterocycles. The van der Waals surface area contributed by atoms with Gasteiger partial charge in [0.2, 0.25) is 0 Å². The van der Waals surface area contributed by atoms with Gasteiger partial charge in [0.1, 0.15) is 0 Å². The first-order valence-corrected chi connectivity index (χ1v) is 14.2. The molecule has 4 aromatic carbocycles. The highest BCUT2D eigenvalue weighted by Crippen LogP contribution is 2.37. The number of carbonyl (C=O) groups is 2. The van der Waals surface area contributed by atoms with Gasteiger partial charge in [-0.15, -0.1) is 0 Å². The van der Waals surface area contributed by atoms with Crippen molar-refractivity contribution in [1.82, 2.24) is 0 Å². The zero-order valence-electron chi connectivity index (χ0n) is 25.7. The maximum absolute atomic E-state index is 13.3. The van der Waals surface area contributed by atoms with Crippen LogP contribution in [-0.4, -0.2) is 25.2 Å². The lowest BCUT2D eigenvalue weighted by molar-refractivity contribution is 0.0479. The number of esters is 2. The van der Waals surface area contributed by atoms with Crippen molar-refractivity contribution >= 4 is 44.3 Å². The second kappa shape index (κ2) is 10.7. The third-order valence-electron chi connectivity index (χ3n) is 7.80. The minimum atomic E-state index is -0.531. The summed E-state index contributed by atoms with van der Waals surface area (Å²) in [7, 11) is 0. The van der Waals surface area contributed by atoms with Crippen LogP contribution in [0.15, 0.2) is 48.5 Å². The molecule has 0 saturated carbocycles. The summed E-state index contributed by atoms with van der Waals surface area (Å²) in [6.07, 6.45) is 0. The molecule has 0 atom stereocenters. The molecule has 0 aliphatic heterocycles. The minimum Gasteiger partial charge on any atom is -0.462 e. The number of aryl methyl sites for hydroxylation is 2. The monoisotopic (exact) mass is 538 g/mol. The second-order valence-corrected chi connectivity index (χ2v) is 12.7. The van der Waals surface area contributed by atoms with E-state index in [1.54, 1.807) is 13.8 Å². The summed E-state index contributed by atoms with van der Waals surface area (Å²) in [4.78, 5) is 26.5. The van der Waals surface area contributed by atoms with E-state index in [0.29, 0.717) is 0 Å². The van der Waals surface area contributed by atoms with Crippen LogP contribution in [0.1, 0.15) is 98.4 Å². The van der Waals surface area contributed by atoms with E-state index < -0.39 is 11.9 Å². The van der Waals surface area contributed by atoms with Crippen LogP contribution in [-0.2, 0) is 20.3 Å². The standard InChI is InChI=1S/C36H42O4/c1-11-39-33(37)31-19-29-27-17-25(35(5,6)7)15-23(21(27)3)13-14-24-16-26(36(8,9)10)18-28(22(24)4)30(29)20-32(31)34(38)40-12-2/h13-20H,11-12H2,1-10H3. The van der Waals surface area contributed by atoms with E-state index >= 15 is 0 Å². The summed E-state index contributed by atoms with van der Waals surface area (Å²) in [5.41, 5.74) is 4.88. The molecule has 0 amide bonds. The first kappa shape index (κ1) is 29.3. The van der Waals surface area contributed by atoms with Gasteiger partial charge in [0, 0.05) is 0 Å². The molecule has 4 heteroatoms. The zero-order valence-corrected chi connectivity index (χ0v) is 25.7.